The third kappa shape index (κ3) is 5.62. The Morgan fingerprint density at radius 2 is 1.91 bits per heavy atom. The third-order valence-corrected chi connectivity index (χ3v) is 8.35. The van der Waals surface area contributed by atoms with Crippen LogP contribution in [-0.2, 0) is 4.79 Å². The van der Waals surface area contributed by atoms with Gasteiger partial charge in [-0.25, -0.2) is 9.18 Å². The normalized spacial score (nSPS) is 21.6. The quantitative estimate of drug-likeness (QED) is 0.397. The van der Waals surface area contributed by atoms with Gasteiger partial charge >= 0.3 is 5.97 Å². The van der Waals surface area contributed by atoms with Crippen molar-refractivity contribution in [2.45, 2.75) is 69.1 Å². The van der Waals surface area contributed by atoms with Gasteiger partial charge in [-0.3, -0.25) is 4.98 Å². The van der Waals surface area contributed by atoms with Crippen molar-refractivity contribution in [2.24, 2.45) is 0 Å². The monoisotopic (exact) mass is 552 g/mol. The number of carbonyl (C=O) groups is 1. The number of pyridine rings is 1. The molecule has 1 aromatic heterocycles. The van der Waals surface area contributed by atoms with E-state index in [9.17, 15) is 14.3 Å². The molecule has 2 N–H and O–H groups in total. The van der Waals surface area contributed by atoms with Crippen molar-refractivity contribution in [3.8, 4) is 0 Å². The van der Waals surface area contributed by atoms with Crippen molar-refractivity contribution >= 4 is 55.9 Å². The number of carboxylic acids is 1. The Morgan fingerprint density at radius 1 is 1.24 bits per heavy atom. The second kappa shape index (κ2) is 11.0. The molecule has 186 valence electrons. The minimum Gasteiger partial charge on any atom is -0.480 e. The molecule has 2 fully saturated rings. The van der Waals surface area contributed by atoms with E-state index in [2.05, 4.69) is 50.1 Å². The molecule has 0 saturated heterocycles. The van der Waals surface area contributed by atoms with Crippen LogP contribution in [0.25, 0.3) is 10.9 Å². The van der Waals surface area contributed by atoms with Crippen LogP contribution in [0.5, 0.6) is 0 Å². The number of hydrogen-bond acceptors (Lipinski definition) is 6. The van der Waals surface area contributed by atoms with Crippen molar-refractivity contribution in [2.75, 3.05) is 36.3 Å². The highest BCUT2D eigenvalue weighted by molar-refractivity contribution is 9.10. The maximum atomic E-state index is 14.3. The molecule has 0 bridgehead atoms. The van der Waals surface area contributed by atoms with E-state index < -0.39 is 12.0 Å². The van der Waals surface area contributed by atoms with Crippen LogP contribution < -0.4 is 10.2 Å². The number of carboxylic acid groups (broad SMARTS) is 1. The smallest absolute Gasteiger partial charge is 0.326 e. The minimum absolute atomic E-state index is 0.191. The molecule has 1 heterocycles. The molecular weight excluding hydrogens is 519 g/mol. The maximum Gasteiger partial charge on any atom is 0.326 e. The molecule has 0 radical (unpaired) electrons. The summed E-state index contributed by atoms with van der Waals surface area (Å²) in [6.45, 7) is 0. The summed E-state index contributed by atoms with van der Waals surface area (Å²) in [6, 6.07) is 3.66. The van der Waals surface area contributed by atoms with Crippen LogP contribution in [0.1, 0.15) is 44.9 Å². The largest absolute Gasteiger partial charge is 0.480 e. The predicted molar refractivity (Wildman–Crippen MR) is 143 cm³/mol. The van der Waals surface area contributed by atoms with Gasteiger partial charge in [0.05, 0.1) is 27.6 Å². The van der Waals surface area contributed by atoms with Crippen LogP contribution >= 0.6 is 27.7 Å². The molecule has 2 aromatic rings. The number of aromatic nitrogens is 1. The Kier molecular flexibility index (Phi) is 8.25. The van der Waals surface area contributed by atoms with E-state index in [-0.39, 0.29) is 17.9 Å². The lowest BCUT2D eigenvalue weighted by Crippen LogP contribution is -2.44. The molecule has 2 aliphatic carbocycles. The van der Waals surface area contributed by atoms with Gasteiger partial charge in [0.1, 0.15) is 11.9 Å². The number of thioether (sulfide) groups is 1. The number of nitrogens with zero attached hydrogens (tertiary/aromatic N) is 3. The van der Waals surface area contributed by atoms with Crippen LogP contribution in [0.2, 0.25) is 0 Å². The van der Waals surface area contributed by atoms with Crippen molar-refractivity contribution in [3.05, 3.63) is 28.6 Å². The van der Waals surface area contributed by atoms with Crippen molar-refractivity contribution in [1.82, 2.24) is 9.88 Å². The molecule has 2 aliphatic rings. The zero-order chi connectivity index (χ0) is 24.4. The highest BCUT2D eigenvalue weighted by atomic mass is 79.9. The molecule has 2 saturated carbocycles. The van der Waals surface area contributed by atoms with Gasteiger partial charge < -0.3 is 20.2 Å². The van der Waals surface area contributed by atoms with Gasteiger partial charge in [-0.15, -0.1) is 0 Å². The first kappa shape index (κ1) is 25.5. The second-order valence-electron chi connectivity index (χ2n) is 9.69. The Bertz CT molecular complexity index is 1030. The summed E-state index contributed by atoms with van der Waals surface area (Å²) in [5.41, 5.74) is 2.26. The van der Waals surface area contributed by atoms with Crippen molar-refractivity contribution in [1.29, 1.82) is 0 Å². The lowest BCUT2D eigenvalue weighted by atomic mass is 9.90. The summed E-state index contributed by atoms with van der Waals surface area (Å²) in [6.07, 6.45) is 10.5. The van der Waals surface area contributed by atoms with E-state index in [4.69, 9.17) is 0 Å². The fourth-order valence-electron chi connectivity index (χ4n) is 5.05. The first-order valence-corrected chi connectivity index (χ1v) is 14.2. The fourth-order valence-corrected chi connectivity index (χ4v) is 5.85. The summed E-state index contributed by atoms with van der Waals surface area (Å²) in [7, 11) is 4.26. The number of nitrogens with one attached hydrogen (secondary N) is 1. The van der Waals surface area contributed by atoms with Gasteiger partial charge in [0.15, 0.2) is 0 Å². The summed E-state index contributed by atoms with van der Waals surface area (Å²) < 4.78 is 14.7. The average molecular weight is 554 g/mol. The third-order valence-electron chi connectivity index (χ3n) is 7.10. The second-order valence-corrected chi connectivity index (χ2v) is 11.5. The van der Waals surface area contributed by atoms with Gasteiger partial charge in [-0.1, -0.05) is 0 Å². The number of fused-ring (bicyclic) bond motifs is 1. The van der Waals surface area contributed by atoms with Crippen molar-refractivity contribution < 1.29 is 14.3 Å². The Labute approximate surface area is 213 Å². The SMILES string of the molecule is CSCC[C@@H](C(=O)O)N(c1cnc2cc(F)c(Br)cc2c1N[C@H]1CC[C@H](N(C)C)CC1)C1CC1. The molecular formula is C25H34BrFN4O2S. The summed E-state index contributed by atoms with van der Waals surface area (Å²) in [4.78, 5) is 21.3. The lowest BCUT2D eigenvalue weighted by Gasteiger charge is -2.36. The predicted octanol–water partition coefficient (Wildman–Crippen LogP) is 5.60. The number of hydrogen-bond donors (Lipinski definition) is 2. The molecule has 0 aliphatic heterocycles. The van der Waals surface area contributed by atoms with E-state index >= 15 is 0 Å². The molecule has 1 atom stereocenters. The Balaban J connectivity index is 1.76. The zero-order valence-corrected chi connectivity index (χ0v) is 22.5. The lowest BCUT2D eigenvalue weighted by molar-refractivity contribution is -0.138. The summed E-state index contributed by atoms with van der Waals surface area (Å²) in [5.74, 6) is -0.388. The van der Waals surface area contributed by atoms with E-state index in [1.165, 1.54) is 6.07 Å². The number of rotatable bonds is 10. The first-order valence-electron chi connectivity index (χ1n) is 12.0. The molecule has 9 heteroatoms. The fraction of sp³-hybridized carbons (Fsp3) is 0.600. The van der Waals surface area contributed by atoms with Gasteiger partial charge in [0.25, 0.3) is 0 Å². The summed E-state index contributed by atoms with van der Waals surface area (Å²) in [5, 5.41) is 14.7. The van der Waals surface area contributed by atoms with Gasteiger partial charge in [-0.05, 0) is 93.0 Å². The van der Waals surface area contributed by atoms with Crippen LogP contribution in [-0.4, -0.2) is 71.2 Å². The van der Waals surface area contributed by atoms with E-state index in [0.717, 1.165) is 61.0 Å². The van der Waals surface area contributed by atoms with Crippen LogP contribution in [0.4, 0.5) is 15.8 Å². The molecule has 0 amide bonds. The van der Waals surface area contributed by atoms with E-state index in [0.29, 0.717) is 22.5 Å². The number of aliphatic carboxylic acids is 1. The molecule has 34 heavy (non-hydrogen) atoms. The number of halogens is 2. The Hall–Kier alpha value is -1.58. The minimum atomic E-state index is -0.807. The topological polar surface area (TPSA) is 68.7 Å². The highest BCUT2D eigenvalue weighted by Crippen LogP contribution is 2.43. The standard InChI is InChI=1S/C25H34BrFN4O2S/c1-30(2)16-6-4-15(5-7-16)29-24-18-12-19(26)20(27)13-21(18)28-14-23(24)31(17-8-9-17)22(25(32)33)10-11-34-3/h12-17,22H,4-11H2,1-3H3,(H,28,29)(H,32,33)/t15-,16-,22-/m0/s1. The molecule has 6 nitrogen and oxygen atoms in total. The average Bonchev–Trinajstić information content (AvgIpc) is 3.64. The van der Waals surface area contributed by atoms with E-state index in [1.807, 2.05) is 6.26 Å². The maximum absolute atomic E-state index is 14.3. The zero-order valence-electron chi connectivity index (χ0n) is 20.1. The van der Waals surface area contributed by atoms with Crippen LogP contribution in [0.15, 0.2) is 22.8 Å². The molecule has 0 spiro atoms. The Morgan fingerprint density at radius 3 is 2.50 bits per heavy atom. The van der Waals surface area contributed by atoms with Gasteiger partial charge in [-0.2, -0.15) is 11.8 Å². The number of anilines is 2. The van der Waals surface area contributed by atoms with Crippen LogP contribution in [0, 0.1) is 5.82 Å². The number of benzene rings is 1. The molecule has 0 unspecified atom stereocenters. The highest BCUT2D eigenvalue weighted by Gasteiger charge is 2.39. The molecule has 4 rings (SSSR count). The van der Waals surface area contributed by atoms with Gasteiger partial charge in [0, 0.05) is 29.6 Å². The van der Waals surface area contributed by atoms with E-state index in [1.54, 1.807) is 24.0 Å². The first-order chi connectivity index (χ1) is 16.3. The van der Waals surface area contributed by atoms with Crippen LogP contribution in [0.3, 0.4) is 0 Å². The molecule has 1 aromatic carbocycles. The van der Waals surface area contributed by atoms with Crippen molar-refractivity contribution in [3.63, 3.8) is 0 Å². The van der Waals surface area contributed by atoms with Gasteiger partial charge in [0.2, 0.25) is 0 Å². The summed E-state index contributed by atoms with van der Waals surface area (Å²) >= 11 is 5.00.